The quantitative estimate of drug-likeness (QED) is 0.849. The van der Waals surface area contributed by atoms with Crippen molar-refractivity contribution in [1.82, 2.24) is 10.3 Å². The van der Waals surface area contributed by atoms with Gasteiger partial charge in [-0.1, -0.05) is 6.07 Å². The van der Waals surface area contributed by atoms with Crippen molar-refractivity contribution in [2.45, 2.75) is 31.1 Å². The molecule has 1 aliphatic heterocycles. The van der Waals surface area contributed by atoms with Gasteiger partial charge in [-0.05, 0) is 38.1 Å². The minimum atomic E-state index is -4.48. The molecule has 0 atom stereocenters. The van der Waals surface area contributed by atoms with E-state index in [1.54, 1.807) is 0 Å². The fourth-order valence-electron chi connectivity index (χ4n) is 2.11. The van der Waals surface area contributed by atoms with Gasteiger partial charge in [-0.3, -0.25) is 0 Å². The summed E-state index contributed by atoms with van der Waals surface area (Å²) in [6, 6.07) is 3.62. The lowest BCUT2D eigenvalue weighted by atomic mass is 9.89. The average Bonchev–Trinajstić information content (AvgIpc) is 2.28. The first kappa shape index (κ1) is 16.2. The number of halogens is 5. The van der Waals surface area contributed by atoms with E-state index < -0.39 is 17.5 Å². The van der Waals surface area contributed by atoms with Crippen LogP contribution in [0.1, 0.15) is 24.2 Å². The number of pyridine rings is 1. The second kappa shape index (κ2) is 6.05. The van der Waals surface area contributed by atoms with Crippen LogP contribution in [-0.4, -0.2) is 23.7 Å². The van der Waals surface area contributed by atoms with Crippen LogP contribution in [0.4, 0.5) is 17.6 Å². The summed E-state index contributed by atoms with van der Waals surface area (Å²) in [5.74, 6) is 0. The number of hydrogen-bond donors (Lipinski definition) is 1. The third-order valence-corrected chi connectivity index (χ3v) is 3.09. The van der Waals surface area contributed by atoms with Crippen LogP contribution >= 0.6 is 12.4 Å². The summed E-state index contributed by atoms with van der Waals surface area (Å²) in [5.41, 5.74) is -2.24. The van der Waals surface area contributed by atoms with E-state index in [4.69, 9.17) is 0 Å². The zero-order chi connectivity index (χ0) is 13.2. The molecule has 1 N–H and O–H groups in total. The molecule has 1 fully saturated rings. The maximum absolute atomic E-state index is 14.3. The van der Waals surface area contributed by atoms with Crippen LogP contribution in [0.5, 0.6) is 0 Å². The van der Waals surface area contributed by atoms with Crippen LogP contribution in [0.15, 0.2) is 18.2 Å². The first-order valence-corrected chi connectivity index (χ1v) is 5.82. The van der Waals surface area contributed by atoms with Gasteiger partial charge in [0.2, 0.25) is 0 Å². The molecule has 0 aliphatic carbocycles. The minimum Gasteiger partial charge on any atom is -0.316 e. The normalized spacial score (nSPS) is 18.7. The molecule has 0 aromatic carbocycles. The molecule has 1 saturated heterocycles. The van der Waals surface area contributed by atoms with Crippen LogP contribution in [0, 0.1) is 0 Å². The van der Waals surface area contributed by atoms with Gasteiger partial charge in [0, 0.05) is 12.1 Å². The number of nitrogens with one attached hydrogen (secondary N) is 1. The topological polar surface area (TPSA) is 24.9 Å². The molecule has 1 aliphatic rings. The molecule has 0 spiro atoms. The number of nitrogens with zero attached hydrogens (tertiary/aromatic N) is 1. The highest BCUT2D eigenvalue weighted by molar-refractivity contribution is 5.85. The lowest BCUT2D eigenvalue weighted by molar-refractivity contribution is -0.141. The molecule has 0 bridgehead atoms. The van der Waals surface area contributed by atoms with Gasteiger partial charge < -0.3 is 5.32 Å². The van der Waals surface area contributed by atoms with E-state index in [1.165, 1.54) is 12.1 Å². The van der Waals surface area contributed by atoms with Crippen molar-refractivity contribution in [2.24, 2.45) is 0 Å². The summed E-state index contributed by atoms with van der Waals surface area (Å²) < 4.78 is 51.8. The van der Waals surface area contributed by atoms with Crippen LogP contribution in [-0.2, 0) is 12.6 Å². The second-order valence-corrected chi connectivity index (χ2v) is 4.59. The molecule has 0 amide bonds. The van der Waals surface area contributed by atoms with Crippen molar-refractivity contribution in [3.8, 4) is 0 Å². The summed E-state index contributed by atoms with van der Waals surface area (Å²) in [7, 11) is 0. The Morgan fingerprint density at radius 1 is 1.21 bits per heavy atom. The summed E-state index contributed by atoms with van der Waals surface area (Å²) in [6.45, 7) is 1.10. The predicted molar refractivity (Wildman–Crippen MR) is 66.1 cm³/mol. The molecule has 7 heteroatoms. The van der Waals surface area contributed by atoms with Crippen LogP contribution in [0.25, 0.3) is 0 Å². The third-order valence-electron chi connectivity index (χ3n) is 3.09. The molecule has 1 aromatic heterocycles. The summed E-state index contributed by atoms with van der Waals surface area (Å²) in [4.78, 5) is 3.50. The minimum absolute atomic E-state index is 0. The molecular formula is C12H15ClF4N2. The average molecular weight is 299 g/mol. The van der Waals surface area contributed by atoms with Gasteiger partial charge >= 0.3 is 6.18 Å². The fourth-order valence-corrected chi connectivity index (χ4v) is 2.11. The summed E-state index contributed by atoms with van der Waals surface area (Å²) >= 11 is 0. The van der Waals surface area contributed by atoms with Crippen molar-refractivity contribution >= 4 is 12.4 Å². The smallest absolute Gasteiger partial charge is 0.316 e. The van der Waals surface area contributed by atoms with E-state index in [0.717, 1.165) is 6.07 Å². The number of aromatic nitrogens is 1. The Bertz CT molecular complexity index is 416. The first-order chi connectivity index (χ1) is 8.39. The first-order valence-electron chi connectivity index (χ1n) is 5.82. The molecule has 108 valence electrons. The van der Waals surface area contributed by atoms with E-state index in [2.05, 4.69) is 10.3 Å². The zero-order valence-electron chi connectivity index (χ0n) is 10.1. The molecule has 0 radical (unpaired) electrons. The van der Waals surface area contributed by atoms with Gasteiger partial charge in [-0.25, -0.2) is 9.37 Å². The van der Waals surface area contributed by atoms with Crippen molar-refractivity contribution in [3.63, 3.8) is 0 Å². The number of piperidine rings is 1. The maximum atomic E-state index is 14.3. The van der Waals surface area contributed by atoms with Crippen molar-refractivity contribution in [2.75, 3.05) is 13.1 Å². The third kappa shape index (κ3) is 4.31. The Balaban J connectivity index is 0.00000180. The molecule has 19 heavy (non-hydrogen) atoms. The largest absolute Gasteiger partial charge is 0.433 e. The molecular weight excluding hydrogens is 284 g/mol. The Morgan fingerprint density at radius 3 is 2.42 bits per heavy atom. The number of hydrogen-bond acceptors (Lipinski definition) is 2. The zero-order valence-corrected chi connectivity index (χ0v) is 11.0. The van der Waals surface area contributed by atoms with E-state index in [-0.39, 0.29) is 24.5 Å². The summed E-state index contributed by atoms with van der Waals surface area (Å²) in [5, 5.41) is 3.02. The van der Waals surface area contributed by atoms with E-state index in [0.29, 0.717) is 25.9 Å². The van der Waals surface area contributed by atoms with E-state index >= 15 is 0 Å². The monoisotopic (exact) mass is 298 g/mol. The maximum Gasteiger partial charge on any atom is 0.433 e. The number of rotatable bonds is 2. The Morgan fingerprint density at radius 2 is 1.84 bits per heavy atom. The molecule has 2 rings (SSSR count). The van der Waals surface area contributed by atoms with Gasteiger partial charge in [-0.2, -0.15) is 13.2 Å². The highest BCUT2D eigenvalue weighted by Crippen LogP contribution is 2.30. The Hall–Kier alpha value is -0.880. The fraction of sp³-hybridized carbons (Fsp3) is 0.583. The predicted octanol–water partition coefficient (Wildman–Crippen LogP) is 3.16. The Labute approximate surface area is 115 Å². The van der Waals surface area contributed by atoms with Gasteiger partial charge in [0.15, 0.2) is 0 Å². The van der Waals surface area contributed by atoms with Crippen LogP contribution in [0.2, 0.25) is 0 Å². The van der Waals surface area contributed by atoms with Gasteiger partial charge in [0.25, 0.3) is 0 Å². The molecule has 1 aromatic rings. The lowest BCUT2D eigenvalue weighted by Crippen LogP contribution is -2.40. The summed E-state index contributed by atoms with van der Waals surface area (Å²) in [6.07, 6.45) is -3.91. The van der Waals surface area contributed by atoms with Gasteiger partial charge in [0.05, 0.1) is 0 Å². The molecule has 0 unspecified atom stereocenters. The van der Waals surface area contributed by atoms with E-state index in [1.807, 2.05) is 0 Å². The highest BCUT2D eigenvalue weighted by atomic mass is 35.5. The van der Waals surface area contributed by atoms with Crippen LogP contribution < -0.4 is 5.32 Å². The van der Waals surface area contributed by atoms with Crippen molar-refractivity contribution in [1.29, 1.82) is 0 Å². The van der Waals surface area contributed by atoms with E-state index in [9.17, 15) is 17.6 Å². The standard InChI is InChI=1S/C12H14F4N2.ClH/c13-11(4-6-17-7-5-11)8-9-2-1-3-10(18-9)12(14,15)16;/h1-3,17H,4-8H2;1H. The number of alkyl halides is 4. The van der Waals surface area contributed by atoms with Crippen molar-refractivity contribution in [3.05, 3.63) is 29.6 Å². The molecule has 0 saturated carbocycles. The highest BCUT2D eigenvalue weighted by Gasteiger charge is 2.35. The lowest BCUT2D eigenvalue weighted by Gasteiger charge is -2.29. The van der Waals surface area contributed by atoms with Gasteiger partial charge in [-0.15, -0.1) is 12.4 Å². The molecule has 2 nitrogen and oxygen atoms in total. The molecule has 2 heterocycles. The van der Waals surface area contributed by atoms with Crippen molar-refractivity contribution < 1.29 is 17.6 Å². The van der Waals surface area contributed by atoms with Crippen LogP contribution in [0.3, 0.4) is 0 Å². The van der Waals surface area contributed by atoms with Gasteiger partial charge in [0.1, 0.15) is 11.4 Å². The second-order valence-electron chi connectivity index (χ2n) is 4.59. The SMILES string of the molecule is Cl.FC1(Cc2cccc(C(F)(F)F)n2)CCNCC1. The Kier molecular flexibility index (Phi) is 5.15.